The van der Waals surface area contributed by atoms with Crippen LogP contribution in [-0.2, 0) is 4.74 Å². The van der Waals surface area contributed by atoms with Crippen LogP contribution >= 0.6 is 0 Å². The van der Waals surface area contributed by atoms with E-state index in [0.717, 1.165) is 5.92 Å². The minimum absolute atomic E-state index is 0.250. The number of hydrogen-bond donors (Lipinski definition) is 1. The van der Waals surface area contributed by atoms with Gasteiger partial charge in [-0.05, 0) is 39.0 Å². The summed E-state index contributed by atoms with van der Waals surface area (Å²) in [5.41, 5.74) is 0. The van der Waals surface area contributed by atoms with E-state index in [2.05, 4.69) is 20.8 Å². The molecule has 1 aliphatic rings. The first-order chi connectivity index (χ1) is 6.13. The fourth-order valence-corrected chi connectivity index (χ4v) is 1.81. The van der Waals surface area contributed by atoms with Gasteiger partial charge in [0.05, 0.1) is 12.2 Å². The molecule has 0 spiro atoms. The second-order valence-corrected chi connectivity index (χ2v) is 3.87. The summed E-state index contributed by atoms with van der Waals surface area (Å²) in [4.78, 5) is 0. The van der Waals surface area contributed by atoms with Crippen LogP contribution in [0.2, 0.25) is 0 Å². The second-order valence-electron chi connectivity index (χ2n) is 3.87. The van der Waals surface area contributed by atoms with Gasteiger partial charge in [-0.3, -0.25) is 0 Å². The van der Waals surface area contributed by atoms with Crippen LogP contribution < -0.4 is 0 Å². The lowest BCUT2D eigenvalue weighted by molar-refractivity contribution is -0.0594. The number of ether oxygens (including phenoxy) is 1. The Morgan fingerprint density at radius 2 is 1.77 bits per heavy atom. The highest BCUT2D eigenvalue weighted by Crippen LogP contribution is 2.25. The molecule has 1 unspecified atom stereocenters. The highest BCUT2D eigenvalue weighted by atomic mass is 16.5. The van der Waals surface area contributed by atoms with Crippen molar-refractivity contribution in [2.45, 2.75) is 59.2 Å². The Hall–Kier alpha value is -0.0800. The molecule has 0 aromatic carbocycles. The summed E-state index contributed by atoms with van der Waals surface area (Å²) in [6.45, 7) is 8.63. The number of hydrogen-bond acceptors (Lipinski definition) is 2. The zero-order chi connectivity index (χ0) is 10.3. The monoisotopic (exact) mass is 188 g/mol. The zero-order valence-corrected chi connectivity index (χ0v) is 9.42. The van der Waals surface area contributed by atoms with Crippen LogP contribution in [0.15, 0.2) is 0 Å². The van der Waals surface area contributed by atoms with Crippen LogP contribution in [0.1, 0.15) is 47.0 Å². The summed E-state index contributed by atoms with van der Waals surface area (Å²) in [5, 5.41) is 7.57. The van der Waals surface area contributed by atoms with Gasteiger partial charge in [0, 0.05) is 6.61 Å². The highest BCUT2D eigenvalue weighted by Gasteiger charge is 2.22. The van der Waals surface area contributed by atoms with E-state index in [0.29, 0.717) is 12.2 Å². The molecule has 1 fully saturated rings. The van der Waals surface area contributed by atoms with Crippen LogP contribution in [0, 0.1) is 5.92 Å². The molecule has 0 aliphatic carbocycles. The van der Waals surface area contributed by atoms with Gasteiger partial charge in [-0.1, -0.05) is 13.8 Å². The molecule has 2 nitrogen and oxygen atoms in total. The van der Waals surface area contributed by atoms with Crippen molar-refractivity contribution in [2.24, 2.45) is 5.92 Å². The van der Waals surface area contributed by atoms with Crippen LogP contribution in [0.25, 0.3) is 0 Å². The van der Waals surface area contributed by atoms with Gasteiger partial charge in [0.15, 0.2) is 0 Å². The van der Waals surface area contributed by atoms with E-state index >= 15 is 0 Å². The second kappa shape index (κ2) is 7.34. The molecule has 0 saturated carbocycles. The summed E-state index contributed by atoms with van der Waals surface area (Å²) in [6, 6.07) is 0. The third-order valence-electron chi connectivity index (χ3n) is 2.28. The van der Waals surface area contributed by atoms with Crippen molar-refractivity contribution in [1.29, 1.82) is 0 Å². The number of aliphatic hydroxyl groups excluding tert-OH is 1. The first-order valence-corrected chi connectivity index (χ1v) is 5.40. The maximum Gasteiger partial charge on any atom is 0.0578 e. The van der Waals surface area contributed by atoms with Crippen molar-refractivity contribution in [2.75, 3.05) is 6.61 Å². The highest BCUT2D eigenvalue weighted by molar-refractivity contribution is 4.71. The molecular weight excluding hydrogens is 164 g/mol. The Bertz CT molecular complexity index is 105. The standard InChI is InChI=1S/C9H18O.C2H6O/c1-4-9-6-7(2)5-8(3)10-9;1-2-3/h7-9H,4-6H2,1-3H3;3H,2H2,1H3/t7-,8?,9+;/m0./s1. The molecule has 0 aromatic heterocycles. The van der Waals surface area contributed by atoms with E-state index in [4.69, 9.17) is 9.84 Å². The quantitative estimate of drug-likeness (QED) is 0.685. The van der Waals surface area contributed by atoms with Crippen molar-refractivity contribution in [3.8, 4) is 0 Å². The molecule has 3 atom stereocenters. The van der Waals surface area contributed by atoms with E-state index in [1.54, 1.807) is 6.92 Å². The van der Waals surface area contributed by atoms with Gasteiger partial charge in [0.1, 0.15) is 0 Å². The van der Waals surface area contributed by atoms with Gasteiger partial charge >= 0.3 is 0 Å². The van der Waals surface area contributed by atoms with Gasteiger partial charge in [-0.15, -0.1) is 0 Å². The normalized spacial score (nSPS) is 33.5. The molecular formula is C11H24O2. The first kappa shape index (κ1) is 12.9. The summed E-state index contributed by atoms with van der Waals surface area (Å²) in [7, 11) is 0. The van der Waals surface area contributed by atoms with Crippen LogP contribution in [-0.4, -0.2) is 23.9 Å². The van der Waals surface area contributed by atoms with Gasteiger partial charge < -0.3 is 9.84 Å². The lowest BCUT2D eigenvalue weighted by Crippen LogP contribution is -2.29. The van der Waals surface area contributed by atoms with Gasteiger partial charge in [0.2, 0.25) is 0 Å². The topological polar surface area (TPSA) is 29.5 Å². The average molecular weight is 188 g/mol. The molecule has 13 heavy (non-hydrogen) atoms. The molecule has 1 saturated heterocycles. The van der Waals surface area contributed by atoms with Crippen LogP contribution in [0.3, 0.4) is 0 Å². The molecule has 1 heterocycles. The van der Waals surface area contributed by atoms with Crippen molar-refractivity contribution in [1.82, 2.24) is 0 Å². The lowest BCUT2D eigenvalue weighted by Gasteiger charge is -2.31. The number of aliphatic hydroxyl groups is 1. The first-order valence-electron chi connectivity index (χ1n) is 5.40. The summed E-state index contributed by atoms with van der Waals surface area (Å²) >= 11 is 0. The summed E-state index contributed by atoms with van der Waals surface area (Å²) in [5.74, 6) is 0.869. The molecule has 0 amide bonds. The van der Waals surface area contributed by atoms with E-state index in [1.165, 1.54) is 19.3 Å². The van der Waals surface area contributed by atoms with Crippen molar-refractivity contribution >= 4 is 0 Å². The predicted molar refractivity (Wildman–Crippen MR) is 55.8 cm³/mol. The molecule has 0 radical (unpaired) electrons. The van der Waals surface area contributed by atoms with E-state index < -0.39 is 0 Å². The summed E-state index contributed by atoms with van der Waals surface area (Å²) in [6.07, 6.45) is 4.72. The third kappa shape index (κ3) is 6.05. The van der Waals surface area contributed by atoms with Crippen molar-refractivity contribution in [3.05, 3.63) is 0 Å². The fraction of sp³-hybridized carbons (Fsp3) is 1.00. The predicted octanol–water partition coefficient (Wildman–Crippen LogP) is 2.60. The molecule has 1 N–H and O–H groups in total. The summed E-state index contributed by atoms with van der Waals surface area (Å²) < 4.78 is 5.71. The van der Waals surface area contributed by atoms with E-state index in [9.17, 15) is 0 Å². The largest absolute Gasteiger partial charge is 0.397 e. The Balaban J connectivity index is 0.000000424. The van der Waals surface area contributed by atoms with E-state index in [1.807, 2.05) is 0 Å². The molecule has 0 bridgehead atoms. The molecule has 2 heteroatoms. The zero-order valence-electron chi connectivity index (χ0n) is 9.42. The molecule has 80 valence electrons. The Kier molecular flexibility index (Phi) is 7.29. The number of rotatable bonds is 1. The minimum atomic E-state index is 0.250. The Morgan fingerprint density at radius 1 is 1.23 bits per heavy atom. The smallest absolute Gasteiger partial charge is 0.0578 e. The maximum absolute atomic E-state index is 7.57. The SMILES string of the molecule is CCO.CC[C@@H]1C[C@@H](C)CC(C)O1. The van der Waals surface area contributed by atoms with Gasteiger partial charge in [-0.2, -0.15) is 0 Å². The fourth-order valence-electron chi connectivity index (χ4n) is 1.81. The maximum atomic E-state index is 7.57. The van der Waals surface area contributed by atoms with Crippen LogP contribution in [0.4, 0.5) is 0 Å². The van der Waals surface area contributed by atoms with Crippen molar-refractivity contribution < 1.29 is 9.84 Å². The Labute approximate surface area is 82.3 Å². The lowest BCUT2D eigenvalue weighted by atomic mass is 9.93. The van der Waals surface area contributed by atoms with Gasteiger partial charge in [0.25, 0.3) is 0 Å². The van der Waals surface area contributed by atoms with E-state index in [-0.39, 0.29) is 6.61 Å². The Morgan fingerprint density at radius 3 is 2.15 bits per heavy atom. The van der Waals surface area contributed by atoms with Gasteiger partial charge in [-0.25, -0.2) is 0 Å². The van der Waals surface area contributed by atoms with Crippen molar-refractivity contribution in [3.63, 3.8) is 0 Å². The average Bonchev–Trinajstić information content (AvgIpc) is 2.04. The molecule has 1 rings (SSSR count). The molecule has 1 aliphatic heterocycles. The van der Waals surface area contributed by atoms with Crippen LogP contribution in [0.5, 0.6) is 0 Å². The third-order valence-corrected chi connectivity index (χ3v) is 2.28. The molecule has 0 aromatic rings. The minimum Gasteiger partial charge on any atom is -0.397 e.